The predicted molar refractivity (Wildman–Crippen MR) is 130 cm³/mol. The van der Waals surface area contributed by atoms with Gasteiger partial charge in [0.25, 0.3) is 5.56 Å². The summed E-state index contributed by atoms with van der Waals surface area (Å²) in [6, 6.07) is 16.0. The molecule has 1 amide bonds. The van der Waals surface area contributed by atoms with E-state index >= 15 is 0 Å². The Kier molecular flexibility index (Phi) is 6.14. The molecule has 2 aliphatic rings. The number of aliphatic hydroxyl groups excluding tert-OH is 1. The van der Waals surface area contributed by atoms with E-state index in [9.17, 15) is 19.5 Å². The number of benzene rings is 2. The number of ether oxygens (including phenoxy) is 2. The minimum absolute atomic E-state index is 0.0227. The molecule has 3 aromatic rings. The van der Waals surface area contributed by atoms with Gasteiger partial charge in [0, 0.05) is 26.1 Å². The van der Waals surface area contributed by atoms with E-state index in [1.807, 2.05) is 36.4 Å². The van der Waals surface area contributed by atoms with Gasteiger partial charge >= 0.3 is 11.8 Å². The number of carbonyl (C=O) groups excluding carboxylic acids is 1. The molecular weight excluding hydrogens is 452 g/mol. The summed E-state index contributed by atoms with van der Waals surface area (Å²) < 4.78 is 12.2. The predicted octanol–water partition coefficient (Wildman–Crippen LogP) is 1.63. The van der Waals surface area contributed by atoms with Crippen molar-refractivity contribution in [1.29, 1.82) is 0 Å². The van der Waals surface area contributed by atoms with Crippen molar-refractivity contribution < 1.29 is 19.4 Å². The Morgan fingerprint density at radius 3 is 2.46 bits per heavy atom. The molecule has 1 aliphatic carbocycles. The number of amides is 1. The Hall–Kier alpha value is -3.89. The Morgan fingerprint density at radius 2 is 1.80 bits per heavy atom. The first kappa shape index (κ1) is 22.9. The normalized spacial score (nSPS) is 17.1. The first-order valence-electron chi connectivity index (χ1n) is 11.4. The van der Waals surface area contributed by atoms with Gasteiger partial charge in [-0.05, 0) is 22.3 Å². The number of morpholine rings is 1. The summed E-state index contributed by atoms with van der Waals surface area (Å²) in [5, 5.41) is 12.1. The van der Waals surface area contributed by atoms with Gasteiger partial charge in [-0.1, -0.05) is 48.5 Å². The molecule has 1 saturated heterocycles. The van der Waals surface area contributed by atoms with E-state index in [4.69, 9.17) is 9.47 Å². The largest absolute Gasteiger partial charge is 0.448 e. The third-order valence-electron chi connectivity index (χ3n) is 6.52. The van der Waals surface area contributed by atoms with Crippen LogP contribution in [0.25, 0.3) is 11.1 Å². The van der Waals surface area contributed by atoms with Crippen molar-refractivity contribution >= 4 is 17.6 Å². The number of nitrogens with zero attached hydrogens (tertiary/aromatic N) is 2. The van der Waals surface area contributed by atoms with E-state index < -0.39 is 23.4 Å². The van der Waals surface area contributed by atoms with Crippen molar-refractivity contribution in [1.82, 2.24) is 9.55 Å². The molecule has 1 fully saturated rings. The smallest absolute Gasteiger partial charge is 0.412 e. The lowest BCUT2D eigenvalue weighted by Gasteiger charge is -2.34. The molecule has 1 atom stereocenters. The zero-order chi connectivity index (χ0) is 24.5. The standard InChI is InChI=1S/C25H26N4O6/c1-28-22(21(23(31)27-24(28)32)29-10-11-34-15(12-29)13-30)26-25(33)35-14-20-18-8-4-2-6-16(18)17-7-3-5-9-19(17)20/h2-9,15,20,30H,10-14H2,1H3,(H,26,33)(H,27,31,32). The highest BCUT2D eigenvalue weighted by atomic mass is 16.5. The zero-order valence-electron chi connectivity index (χ0n) is 19.2. The van der Waals surface area contributed by atoms with Gasteiger partial charge in [0.2, 0.25) is 0 Å². The van der Waals surface area contributed by atoms with Gasteiger partial charge in [-0.3, -0.25) is 19.7 Å². The van der Waals surface area contributed by atoms with E-state index in [2.05, 4.69) is 22.4 Å². The third kappa shape index (κ3) is 4.22. The Balaban J connectivity index is 1.38. The summed E-state index contributed by atoms with van der Waals surface area (Å²) in [6.07, 6.45) is -1.26. The van der Waals surface area contributed by atoms with E-state index in [0.717, 1.165) is 26.8 Å². The molecular formula is C25H26N4O6. The lowest BCUT2D eigenvalue weighted by atomic mass is 9.98. The van der Waals surface area contributed by atoms with E-state index in [0.29, 0.717) is 6.54 Å². The second kappa shape index (κ2) is 9.40. The minimum atomic E-state index is -0.777. The fourth-order valence-electron chi connectivity index (χ4n) is 4.81. The van der Waals surface area contributed by atoms with Crippen LogP contribution >= 0.6 is 0 Å². The van der Waals surface area contributed by atoms with Gasteiger partial charge < -0.3 is 19.5 Å². The molecule has 0 radical (unpaired) electrons. The number of H-pyrrole nitrogens is 1. The highest BCUT2D eigenvalue weighted by molar-refractivity contribution is 5.88. The van der Waals surface area contributed by atoms with Gasteiger partial charge in [-0.15, -0.1) is 0 Å². The van der Waals surface area contributed by atoms with Crippen LogP contribution in [0.3, 0.4) is 0 Å². The molecule has 1 aliphatic heterocycles. The van der Waals surface area contributed by atoms with Crippen LogP contribution in [0.2, 0.25) is 0 Å². The van der Waals surface area contributed by atoms with Crippen LogP contribution in [0.15, 0.2) is 58.1 Å². The minimum Gasteiger partial charge on any atom is -0.448 e. The molecule has 182 valence electrons. The molecule has 3 N–H and O–H groups in total. The fraction of sp³-hybridized carbons (Fsp3) is 0.320. The summed E-state index contributed by atoms with van der Waals surface area (Å²) >= 11 is 0. The first-order valence-corrected chi connectivity index (χ1v) is 11.4. The number of hydrogen-bond donors (Lipinski definition) is 3. The van der Waals surface area contributed by atoms with Gasteiger partial charge in [-0.2, -0.15) is 0 Å². The van der Waals surface area contributed by atoms with Crippen LogP contribution in [-0.2, 0) is 16.5 Å². The van der Waals surface area contributed by atoms with Crippen molar-refractivity contribution in [3.05, 3.63) is 80.5 Å². The maximum absolute atomic E-state index is 12.9. The van der Waals surface area contributed by atoms with Crippen LogP contribution in [0.5, 0.6) is 0 Å². The highest BCUT2D eigenvalue weighted by Crippen LogP contribution is 2.44. The summed E-state index contributed by atoms with van der Waals surface area (Å²) in [5.41, 5.74) is 3.19. The molecule has 5 rings (SSSR count). The van der Waals surface area contributed by atoms with Gasteiger partial charge in [0.1, 0.15) is 18.1 Å². The molecule has 0 spiro atoms. The maximum Gasteiger partial charge on any atom is 0.412 e. The van der Waals surface area contributed by atoms with E-state index in [-0.39, 0.29) is 43.8 Å². The van der Waals surface area contributed by atoms with Gasteiger partial charge in [0.15, 0.2) is 0 Å². The molecule has 1 aromatic heterocycles. The first-order chi connectivity index (χ1) is 17.0. The lowest BCUT2D eigenvalue weighted by molar-refractivity contribution is 0.00351. The zero-order valence-corrected chi connectivity index (χ0v) is 19.2. The Labute approximate surface area is 200 Å². The maximum atomic E-state index is 12.9. The van der Waals surface area contributed by atoms with Crippen LogP contribution in [0.1, 0.15) is 17.0 Å². The second-order valence-corrected chi connectivity index (χ2v) is 8.59. The topological polar surface area (TPSA) is 126 Å². The number of carbonyl (C=O) groups is 1. The number of fused-ring (bicyclic) bond motifs is 3. The van der Waals surface area contributed by atoms with Gasteiger partial charge in [-0.25, -0.2) is 9.59 Å². The van der Waals surface area contributed by atoms with Crippen molar-refractivity contribution in [3.8, 4) is 11.1 Å². The summed E-state index contributed by atoms with van der Waals surface area (Å²) in [6.45, 7) is 0.762. The summed E-state index contributed by atoms with van der Waals surface area (Å²) in [4.78, 5) is 41.8. The number of aromatic nitrogens is 2. The number of aliphatic hydroxyl groups is 1. The summed E-state index contributed by atoms with van der Waals surface area (Å²) in [5.74, 6) is -0.102. The second-order valence-electron chi connectivity index (χ2n) is 8.59. The molecule has 10 nitrogen and oxygen atoms in total. The van der Waals surface area contributed by atoms with Crippen molar-refractivity contribution in [2.45, 2.75) is 12.0 Å². The van der Waals surface area contributed by atoms with Crippen LogP contribution in [0, 0.1) is 0 Å². The Morgan fingerprint density at radius 1 is 1.14 bits per heavy atom. The third-order valence-corrected chi connectivity index (χ3v) is 6.52. The molecule has 10 heteroatoms. The fourth-order valence-corrected chi connectivity index (χ4v) is 4.81. The molecule has 0 bridgehead atoms. The molecule has 0 saturated carbocycles. The monoisotopic (exact) mass is 478 g/mol. The van der Waals surface area contributed by atoms with Crippen molar-refractivity contribution in [2.75, 3.05) is 43.1 Å². The van der Waals surface area contributed by atoms with E-state index in [1.165, 1.54) is 7.05 Å². The summed E-state index contributed by atoms with van der Waals surface area (Å²) in [7, 11) is 1.45. The molecule has 1 unspecified atom stereocenters. The van der Waals surface area contributed by atoms with Gasteiger partial charge in [0.05, 0.1) is 19.3 Å². The number of nitrogens with one attached hydrogen (secondary N) is 2. The Bertz CT molecular complexity index is 1340. The number of hydrogen-bond acceptors (Lipinski definition) is 7. The van der Waals surface area contributed by atoms with Crippen molar-refractivity contribution in [3.63, 3.8) is 0 Å². The lowest BCUT2D eigenvalue weighted by Crippen LogP contribution is -2.48. The molecule has 2 aromatic carbocycles. The highest BCUT2D eigenvalue weighted by Gasteiger charge is 2.30. The van der Waals surface area contributed by atoms with Crippen LogP contribution in [0.4, 0.5) is 16.3 Å². The average Bonchev–Trinajstić information content (AvgIpc) is 3.19. The van der Waals surface area contributed by atoms with Crippen LogP contribution < -0.4 is 21.5 Å². The SMILES string of the molecule is Cn1c(NC(=O)OCC2c3ccccc3-c3ccccc32)c(N2CCOC(CO)C2)c(=O)[nH]c1=O. The molecule has 2 heterocycles. The number of aromatic amines is 1. The molecule has 35 heavy (non-hydrogen) atoms. The average molecular weight is 479 g/mol. The van der Waals surface area contributed by atoms with Crippen LogP contribution in [-0.4, -0.2) is 59.8 Å². The van der Waals surface area contributed by atoms with E-state index in [1.54, 1.807) is 4.90 Å². The quantitative estimate of drug-likeness (QED) is 0.509. The number of rotatable bonds is 5. The van der Waals surface area contributed by atoms with Crippen molar-refractivity contribution in [2.24, 2.45) is 7.05 Å². The number of anilines is 2.